The van der Waals surface area contributed by atoms with Gasteiger partial charge in [-0.3, -0.25) is 4.79 Å². The molecule has 2 aliphatic rings. The van der Waals surface area contributed by atoms with Crippen LogP contribution in [0, 0.1) is 17.2 Å². The van der Waals surface area contributed by atoms with E-state index in [2.05, 4.69) is 4.90 Å². The van der Waals surface area contributed by atoms with E-state index in [1.165, 1.54) is 0 Å². The maximum Gasteiger partial charge on any atom is 0.308 e. The highest BCUT2D eigenvalue weighted by Crippen LogP contribution is 2.45. The maximum atomic E-state index is 11.2. The number of carboxylic acids is 1. The average Bonchev–Trinajstić information content (AvgIpc) is 2.96. The molecule has 0 aromatic heterocycles. The SMILES string of the molecule is N#Cc1ccc(N2C3CCC2C(C(=O)O)C3)cc1Cl. The van der Waals surface area contributed by atoms with Crippen molar-refractivity contribution in [2.45, 2.75) is 31.3 Å². The molecule has 5 heteroatoms. The first-order chi connectivity index (χ1) is 9.11. The highest BCUT2D eigenvalue weighted by atomic mass is 35.5. The molecule has 4 nitrogen and oxygen atoms in total. The highest BCUT2D eigenvalue weighted by Gasteiger charge is 2.49. The van der Waals surface area contributed by atoms with Gasteiger partial charge in [0.15, 0.2) is 0 Å². The van der Waals surface area contributed by atoms with E-state index >= 15 is 0 Å². The van der Waals surface area contributed by atoms with E-state index in [0.717, 1.165) is 18.5 Å². The number of hydrogen-bond acceptors (Lipinski definition) is 3. The third kappa shape index (κ3) is 1.85. The Hall–Kier alpha value is -1.73. The van der Waals surface area contributed by atoms with Gasteiger partial charge in [-0.15, -0.1) is 0 Å². The second kappa shape index (κ2) is 4.43. The predicted octanol–water partition coefficient (Wildman–Crippen LogP) is 2.65. The third-order valence-corrected chi connectivity index (χ3v) is 4.54. The van der Waals surface area contributed by atoms with Crippen molar-refractivity contribution in [2.75, 3.05) is 4.90 Å². The van der Waals surface area contributed by atoms with Crippen LogP contribution in [-0.2, 0) is 4.79 Å². The second-order valence-electron chi connectivity index (χ2n) is 5.16. The summed E-state index contributed by atoms with van der Waals surface area (Å²) in [5, 5.41) is 18.5. The zero-order chi connectivity index (χ0) is 13.6. The lowest BCUT2D eigenvalue weighted by atomic mass is 9.89. The number of carbonyl (C=O) groups is 1. The van der Waals surface area contributed by atoms with Gasteiger partial charge in [0.05, 0.1) is 16.5 Å². The summed E-state index contributed by atoms with van der Waals surface area (Å²) in [7, 11) is 0. The Balaban J connectivity index is 1.94. The number of carboxylic acid groups (broad SMARTS) is 1. The molecule has 0 spiro atoms. The Morgan fingerprint density at radius 2 is 2.26 bits per heavy atom. The minimum Gasteiger partial charge on any atom is -0.481 e. The molecule has 1 aromatic rings. The van der Waals surface area contributed by atoms with Crippen molar-refractivity contribution in [3.8, 4) is 6.07 Å². The lowest BCUT2D eigenvalue weighted by Crippen LogP contribution is -2.32. The van der Waals surface area contributed by atoms with Crippen LogP contribution in [0.4, 0.5) is 5.69 Å². The summed E-state index contributed by atoms with van der Waals surface area (Å²) in [6.07, 6.45) is 2.66. The van der Waals surface area contributed by atoms with Gasteiger partial charge in [-0.1, -0.05) is 11.6 Å². The Labute approximate surface area is 116 Å². The Morgan fingerprint density at radius 1 is 1.47 bits per heavy atom. The van der Waals surface area contributed by atoms with Crippen LogP contribution in [0.5, 0.6) is 0 Å². The number of nitrogens with zero attached hydrogens (tertiary/aromatic N) is 2. The maximum absolute atomic E-state index is 11.2. The molecule has 2 fully saturated rings. The molecule has 2 aliphatic heterocycles. The fourth-order valence-electron chi connectivity index (χ4n) is 3.41. The van der Waals surface area contributed by atoms with Crippen molar-refractivity contribution >= 4 is 23.3 Å². The summed E-state index contributed by atoms with van der Waals surface area (Å²) < 4.78 is 0. The highest BCUT2D eigenvalue weighted by molar-refractivity contribution is 6.32. The Morgan fingerprint density at radius 3 is 2.84 bits per heavy atom. The number of halogens is 1. The van der Waals surface area contributed by atoms with E-state index in [-0.39, 0.29) is 18.0 Å². The molecule has 2 heterocycles. The summed E-state index contributed by atoms with van der Waals surface area (Å²) in [6, 6.07) is 7.72. The molecule has 2 bridgehead atoms. The largest absolute Gasteiger partial charge is 0.481 e. The summed E-state index contributed by atoms with van der Waals surface area (Å²) >= 11 is 6.06. The monoisotopic (exact) mass is 276 g/mol. The van der Waals surface area contributed by atoms with Crippen molar-refractivity contribution in [2.24, 2.45) is 5.92 Å². The zero-order valence-electron chi connectivity index (χ0n) is 10.2. The van der Waals surface area contributed by atoms with Crippen LogP contribution in [0.25, 0.3) is 0 Å². The smallest absolute Gasteiger partial charge is 0.308 e. The molecule has 3 unspecified atom stereocenters. The number of rotatable bonds is 2. The minimum absolute atomic E-state index is 0.0616. The van der Waals surface area contributed by atoms with Crippen LogP contribution in [0.1, 0.15) is 24.8 Å². The van der Waals surface area contributed by atoms with E-state index in [1.807, 2.05) is 12.1 Å². The Kier molecular flexibility index (Phi) is 2.87. The van der Waals surface area contributed by atoms with E-state index < -0.39 is 5.97 Å². The first-order valence-corrected chi connectivity index (χ1v) is 6.70. The fraction of sp³-hybridized carbons (Fsp3) is 0.429. The molecule has 1 aromatic carbocycles. The minimum atomic E-state index is -0.711. The van der Waals surface area contributed by atoms with Gasteiger partial charge in [0.2, 0.25) is 0 Å². The number of benzene rings is 1. The van der Waals surface area contributed by atoms with Gasteiger partial charge in [-0.2, -0.15) is 5.26 Å². The Bertz CT molecular complexity index is 581. The number of hydrogen-bond donors (Lipinski definition) is 1. The average molecular weight is 277 g/mol. The molecule has 0 aliphatic carbocycles. The molecule has 0 radical (unpaired) electrons. The van der Waals surface area contributed by atoms with E-state index in [9.17, 15) is 9.90 Å². The van der Waals surface area contributed by atoms with Crippen molar-refractivity contribution in [3.05, 3.63) is 28.8 Å². The summed E-state index contributed by atoms with van der Waals surface area (Å²) in [5.41, 5.74) is 1.38. The van der Waals surface area contributed by atoms with Gasteiger partial charge in [0.25, 0.3) is 0 Å². The number of anilines is 1. The number of aliphatic carboxylic acids is 1. The molecular weight excluding hydrogens is 264 g/mol. The molecule has 98 valence electrons. The molecule has 0 amide bonds. The first-order valence-electron chi connectivity index (χ1n) is 6.32. The molecule has 2 saturated heterocycles. The van der Waals surface area contributed by atoms with Crippen LogP contribution in [0.3, 0.4) is 0 Å². The van der Waals surface area contributed by atoms with E-state index in [1.54, 1.807) is 12.1 Å². The van der Waals surface area contributed by atoms with Gasteiger partial charge in [0, 0.05) is 17.8 Å². The predicted molar refractivity (Wildman–Crippen MR) is 71.2 cm³/mol. The van der Waals surface area contributed by atoms with Crippen LogP contribution < -0.4 is 4.90 Å². The topological polar surface area (TPSA) is 64.3 Å². The third-order valence-electron chi connectivity index (χ3n) is 4.23. The van der Waals surface area contributed by atoms with E-state index in [4.69, 9.17) is 16.9 Å². The number of fused-ring (bicyclic) bond motifs is 2. The quantitative estimate of drug-likeness (QED) is 0.902. The van der Waals surface area contributed by atoms with Gasteiger partial charge >= 0.3 is 5.97 Å². The molecule has 3 atom stereocenters. The van der Waals surface area contributed by atoms with Crippen LogP contribution in [0.2, 0.25) is 5.02 Å². The summed E-state index contributed by atoms with van der Waals surface area (Å²) in [5.74, 6) is -0.995. The molecule has 1 N–H and O–H groups in total. The van der Waals surface area contributed by atoms with E-state index in [0.29, 0.717) is 17.0 Å². The van der Waals surface area contributed by atoms with Gasteiger partial charge in [-0.25, -0.2) is 0 Å². The molecule has 0 saturated carbocycles. The van der Waals surface area contributed by atoms with Crippen LogP contribution in [0.15, 0.2) is 18.2 Å². The number of nitriles is 1. The second-order valence-corrected chi connectivity index (χ2v) is 5.57. The summed E-state index contributed by atoms with van der Waals surface area (Å²) in [6.45, 7) is 0. The summed E-state index contributed by atoms with van der Waals surface area (Å²) in [4.78, 5) is 13.4. The molecular formula is C14H13ClN2O2. The fourth-order valence-corrected chi connectivity index (χ4v) is 3.63. The van der Waals surface area contributed by atoms with Crippen LogP contribution >= 0.6 is 11.6 Å². The zero-order valence-corrected chi connectivity index (χ0v) is 11.0. The normalized spacial score (nSPS) is 28.4. The lowest BCUT2D eigenvalue weighted by molar-refractivity contribution is -0.142. The van der Waals surface area contributed by atoms with Crippen molar-refractivity contribution < 1.29 is 9.90 Å². The van der Waals surface area contributed by atoms with Crippen molar-refractivity contribution in [1.29, 1.82) is 5.26 Å². The van der Waals surface area contributed by atoms with Gasteiger partial charge < -0.3 is 10.0 Å². The molecule has 3 rings (SSSR count). The first kappa shape index (κ1) is 12.3. The van der Waals surface area contributed by atoms with Gasteiger partial charge in [-0.05, 0) is 37.5 Å². The van der Waals surface area contributed by atoms with Crippen molar-refractivity contribution in [3.63, 3.8) is 0 Å². The van der Waals surface area contributed by atoms with Crippen molar-refractivity contribution in [1.82, 2.24) is 0 Å². The lowest BCUT2D eigenvalue weighted by Gasteiger charge is -2.25. The standard InChI is InChI=1S/C14H13ClN2O2/c15-12-6-10(2-1-8(12)7-16)17-9-3-4-13(17)11(5-9)14(18)19/h1-2,6,9,11,13H,3-5H2,(H,18,19). The molecule has 19 heavy (non-hydrogen) atoms. The van der Waals surface area contributed by atoms with Crippen LogP contribution in [-0.4, -0.2) is 23.2 Å². The van der Waals surface area contributed by atoms with Gasteiger partial charge in [0.1, 0.15) is 6.07 Å².